The molecule has 0 aliphatic heterocycles. The van der Waals surface area contributed by atoms with Crippen molar-refractivity contribution in [1.82, 2.24) is 10.6 Å². The minimum atomic E-state index is -3.62. The first-order chi connectivity index (χ1) is 13.2. The second-order valence-electron chi connectivity index (χ2n) is 8.30. The second-order valence-corrected chi connectivity index (χ2v) is 12.5. The predicted octanol–water partition coefficient (Wildman–Crippen LogP) is 5.17. The Kier molecular flexibility index (Phi) is 9.18. The van der Waals surface area contributed by atoms with Crippen molar-refractivity contribution in [3.63, 3.8) is 0 Å². The van der Waals surface area contributed by atoms with Crippen molar-refractivity contribution in [3.05, 3.63) is 35.9 Å². The van der Waals surface area contributed by atoms with Crippen LogP contribution in [-0.4, -0.2) is 34.4 Å². The summed E-state index contributed by atoms with van der Waals surface area (Å²) in [6, 6.07) is 9.14. The maximum Gasteiger partial charge on any atom is 0.408 e. The molecule has 2 atom stereocenters. The molecule has 10 heteroatoms. The second kappa shape index (κ2) is 10.5. The normalized spacial score (nSPS) is 15.0. The zero-order valence-electron chi connectivity index (χ0n) is 17.7. The predicted molar refractivity (Wildman–Crippen MR) is 115 cm³/mol. The molecule has 0 fully saturated rings. The highest BCUT2D eigenvalue weighted by atomic mass is 79.9. The number of hydrogen-bond acceptors (Lipinski definition) is 6. The average molecular weight is 493 g/mol. The monoisotopic (exact) mass is 492 g/mol. The van der Waals surface area contributed by atoms with E-state index in [1.54, 1.807) is 41.5 Å². The highest BCUT2D eigenvalue weighted by molar-refractivity contribution is 9.10. The van der Waals surface area contributed by atoms with Crippen molar-refractivity contribution >= 4 is 35.5 Å². The Morgan fingerprint density at radius 3 is 2.03 bits per heavy atom. The number of amides is 2. The van der Waals surface area contributed by atoms with Crippen LogP contribution in [0, 0.1) is 0 Å². The number of ether oxygens (including phenoxy) is 2. The van der Waals surface area contributed by atoms with Crippen molar-refractivity contribution in [1.29, 1.82) is 0 Å². The van der Waals surface area contributed by atoms with Gasteiger partial charge in [0.15, 0.2) is 4.69 Å². The van der Waals surface area contributed by atoms with E-state index in [0.29, 0.717) is 0 Å². The summed E-state index contributed by atoms with van der Waals surface area (Å²) < 4.78 is 28.4. The lowest BCUT2D eigenvalue weighted by Crippen LogP contribution is -2.39. The number of nitrogens with one attached hydrogen (secondary N) is 2. The summed E-state index contributed by atoms with van der Waals surface area (Å²) >= 11 is 3.20. The summed E-state index contributed by atoms with van der Waals surface area (Å²) in [7, 11) is -3.62. The number of hydrogen-bond donors (Lipinski definition) is 2. The molecule has 0 aliphatic rings. The number of rotatable bonds is 7. The zero-order valence-corrected chi connectivity index (χ0v) is 20.1. The highest BCUT2D eigenvalue weighted by Crippen LogP contribution is 2.53. The van der Waals surface area contributed by atoms with Gasteiger partial charge in [-0.3, -0.25) is 9.88 Å². The number of alkyl carbamates (subject to hydrolysis) is 2. The summed E-state index contributed by atoms with van der Waals surface area (Å²) in [4.78, 5) is 24.0. The van der Waals surface area contributed by atoms with Gasteiger partial charge in [0.05, 0.1) is 6.61 Å². The van der Waals surface area contributed by atoms with Crippen LogP contribution in [-0.2, 0) is 25.2 Å². The van der Waals surface area contributed by atoms with E-state index in [9.17, 15) is 14.2 Å². The lowest BCUT2D eigenvalue weighted by molar-refractivity contribution is 0.0528. The Hall–Kier alpha value is -1.57. The molecule has 1 rings (SSSR count). The first kappa shape index (κ1) is 25.5. The lowest BCUT2D eigenvalue weighted by Gasteiger charge is -2.27. The molecule has 164 valence electrons. The van der Waals surface area contributed by atoms with Gasteiger partial charge in [0.2, 0.25) is 0 Å². The minimum Gasteiger partial charge on any atom is -0.444 e. The molecule has 1 aromatic rings. The van der Waals surface area contributed by atoms with Gasteiger partial charge in [-0.05, 0) is 47.1 Å². The molecule has 29 heavy (non-hydrogen) atoms. The van der Waals surface area contributed by atoms with Crippen LogP contribution in [0.2, 0.25) is 0 Å². The van der Waals surface area contributed by atoms with Gasteiger partial charge in [-0.1, -0.05) is 46.3 Å². The first-order valence-electron chi connectivity index (χ1n) is 9.08. The molecule has 0 aromatic heterocycles. The smallest absolute Gasteiger partial charge is 0.408 e. The van der Waals surface area contributed by atoms with E-state index < -0.39 is 35.4 Å². The summed E-state index contributed by atoms with van der Waals surface area (Å²) in [5.74, 6) is 0. The summed E-state index contributed by atoms with van der Waals surface area (Å²) in [6.45, 7) is 10.3. The average Bonchev–Trinajstić information content (AvgIpc) is 2.56. The Morgan fingerprint density at radius 2 is 1.52 bits per heavy atom. The Balaban J connectivity index is 2.86. The molecule has 0 bridgehead atoms. The van der Waals surface area contributed by atoms with Crippen LogP contribution in [0.15, 0.2) is 30.3 Å². The van der Waals surface area contributed by atoms with Crippen LogP contribution in [0.4, 0.5) is 9.59 Å². The molecule has 0 saturated carbocycles. The van der Waals surface area contributed by atoms with E-state index in [-0.39, 0.29) is 12.9 Å². The molecule has 1 aromatic carbocycles. The maximum absolute atomic E-state index is 13.4. The van der Waals surface area contributed by atoms with Gasteiger partial charge in [-0.15, -0.1) is 0 Å². The number of alkyl halides is 1. The van der Waals surface area contributed by atoms with Crippen LogP contribution in [0.1, 0.15) is 47.1 Å². The van der Waals surface area contributed by atoms with Gasteiger partial charge < -0.3 is 19.3 Å². The van der Waals surface area contributed by atoms with E-state index in [2.05, 4.69) is 26.6 Å². The topological polar surface area (TPSA) is 103 Å². The van der Waals surface area contributed by atoms with Gasteiger partial charge in [-0.25, -0.2) is 9.59 Å². The molecule has 0 aliphatic carbocycles. The Morgan fingerprint density at radius 1 is 1.00 bits per heavy atom. The molecule has 0 heterocycles. The Bertz CT molecular complexity index is 730. The molecule has 2 amide bonds. The van der Waals surface area contributed by atoms with Gasteiger partial charge in [0, 0.05) is 0 Å². The van der Waals surface area contributed by atoms with Crippen LogP contribution < -0.4 is 10.6 Å². The van der Waals surface area contributed by atoms with E-state index in [4.69, 9.17) is 14.0 Å². The lowest BCUT2D eigenvalue weighted by atomic mass is 10.2. The third-order valence-corrected chi connectivity index (χ3v) is 7.20. The van der Waals surface area contributed by atoms with Crippen LogP contribution in [0.3, 0.4) is 0 Å². The minimum absolute atomic E-state index is 0.0339. The van der Waals surface area contributed by atoms with E-state index in [0.717, 1.165) is 5.56 Å². The molecular weight excluding hydrogens is 463 g/mol. The molecule has 2 unspecified atom stereocenters. The quantitative estimate of drug-likeness (QED) is 0.309. The van der Waals surface area contributed by atoms with Crippen molar-refractivity contribution in [2.45, 2.75) is 64.0 Å². The van der Waals surface area contributed by atoms with Gasteiger partial charge >= 0.3 is 12.2 Å². The molecular formula is C19H30BrN2O6P. The van der Waals surface area contributed by atoms with Crippen molar-refractivity contribution in [2.75, 3.05) is 6.29 Å². The van der Waals surface area contributed by atoms with Crippen molar-refractivity contribution in [3.8, 4) is 0 Å². The van der Waals surface area contributed by atoms with Crippen LogP contribution in [0.25, 0.3) is 0 Å². The van der Waals surface area contributed by atoms with Crippen molar-refractivity contribution < 1.29 is 28.2 Å². The van der Waals surface area contributed by atoms with Crippen LogP contribution in [0.5, 0.6) is 0 Å². The summed E-state index contributed by atoms with van der Waals surface area (Å²) in [6.07, 6.45) is -1.85. The molecule has 8 nitrogen and oxygen atoms in total. The number of benzene rings is 1. The zero-order chi connectivity index (χ0) is 22.3. The fourth-order valence-corrected chi connectivity index (χ4v) is 4.32. The largest absolute Gasteiger partial charge is 0.444 e. The van der Waals surface area contributed by atoms with Gasteiger partial charge in [0.1, 0.15) is 17.5 Å². The van der Waals surface area contributed by atoms with E-state index >= 15 is 0 Å². The maximum atomic E-state index is 13.4. The fraction of sp³-hybridized carbons (Fsp3) is 0.579. The summed E-state index contributed by atoms with van der Waals surface area (Å²) in [5, 5.41) is 4.91. The molecule has 2 N–H and O–H groups in total. The van der Waals surface area contributed by atoms with Gasteiger partial charge in [-0.2, -0.15) is 0 Å². The highest BCUT2D eigenvalue weighted by Gasteiger charge is 2.36. The fourth-order valence-electron chi connectivity index (χ4n) is 1.94. The molecule has 0 spiro atoms. The van der Waals surface area contributed by atoms with Crippen molar-refractivity contribution in [2.24, 2.45) is 0 Å². The summed E-state index contributed by atoms with van der Waals surface area (Å²) in [5.41, 5.74) is -0.635. The number of carbonyl (C=O) groups excluding carboxylic acids is 2. The standard InChI is InChI=1S/C19H30BrN2O6P/c1-18(2,3)27-16(23)21-13-29(25,26-12-14-10-8-7-9-11-14)15(20)22-17(24)28-19(4,5)6/h7-11,15H,12-13H2,1-6H3,(H,21,23)(H,22,24). The van der Waals surface area contributed by atoms with E-state index in [1.807, 2.05) is 30.3 Å². The first-order valence-corrected chi connectivity index (χ1v) is 11.9. The number of halogens is 1. The number of carbonyl (C=O) groups is 2. The Labute approximate surface area is 180 Å². The van der Waals surface area contributed by atoms with Gasteiger partial charge in [0.25, 0.3) is 7.37 Å². The third-order valence-electron chi connectivity index (χ3n) is 3.12. The third kappa shape index (κ3) is 10.7. The van der Waals surface area contributed by atoms with Crippen LogP contribution >= 0.6 is 23.3 Å². The van der Waals surface area contributed by atoms with E-state index in [1.165, 1.54) is 0 Å². The molecule has 0 saturated heterocycles. The molecule has 0 radical (unpaired) electrons. The SMILES string of the molecule is CC(C)(C)OC(=O)NCP(=O)(OCc1ccccc1)C(Br)NC(=O)OC(C)(C)C.